The summed E-state index contributed by atoms with van der Waals surface area (Å²) in [6.07, 6.45) is 0. The van der Waals surface area contributed by atoms with E-state index in [1.807, 2.05) is 0 Å². The molecule has 4 N–H and O–H groups in total. The minimum Gasteiger partial charge on any atom is -0.394 e. The Bertz CT molecular complexity index is 578. The predicted molar refractivity (Wildman–Crippen MR) is 75.5 cm³/mol. The van der Waals surface area contributed by atoms with Gasteiger partial charge in [0, 0.05) is 0 Å². The number of rotatable bonds is 6. The van der Waals surface area contributed by atoms with Crippen molar-refractivity contribution in [2.45, 2.75) is 17.4 Å². The van der Waals surface area contributed by atoms with Crippen LogP contribution in [-0.4, -0.2) is 49.1 Å². The molecule has 9 heteroatoms. The van der Waals surface area contributed by atoms with E-state index in [1.54, 1.807) is 0 Å². The van der Waals surface area contributed by atoms with E-state index in [2.05, 4.69) is 4.72 Å². The largest absolute Gasteiger partial charge is 0.394 e. The van der Waals surface area contributed by atoms with Crippen LogP contribution in [0.15, 0.2) is 17.0 Å². The molecule has 1 rings (SSSR count). The maximum absolute atomic E-state index is 12.3. The Morgan fingerprint density at radius 2 is 1.55 bits per heavy atom. The van der Waals surface area contributed by atoms with Gasteiger partial charge in [-0.2, -0.15) is 4.72 Å². The maximum Gasteiger partial charge on any atom is 0.241 e. The Hall–Kier alpha value is -0.410. The van der Waals surface area contributed by atoms with Crippen molar-refractivity contribution in [1.29, 1.82) is 0 Å². The van der Waals surface area contributed by atoms with Crippen LogP contribution in [0.2, 0.25) is 10.0 Å². The van der Waals surface area contributed by atoms with Crippen molar-refractivity contribution in [1.82, 2.24) is 4.72 Å². The van der Waals surface area contributed by atoms with Gasteiger partial charge in [-0.25, -0.2) is 8.42 Å². The van der Waals surface area contributed by atoms with Gasteiger partial charge in [-0.05, 0) is 24.6 Å². The molecule has 20 heavy (non-hydrogen) atoms. The van der Waals surface area contributed by atoms with Crippen molar-refractivity contribution in [3.63, 3.8) is 0 Å². The highest BCUT2D eigenvalue weighted by Crippen LogP contribution is 2.28. The lowest BCUT2D eigenvalue weighted by Gasteiger charge is -2.28. The zero-order valence-electron chi connectivity index (χ0n) is 10.6. The topological polar surface area (TPSA) is 107 Å². The van der Waals surface area contributed by atoms with Crippen LogP contribution < -0.4 is 4.72 Å². The summed E-state index contributed by atoms with van der Waals surface area (Å²) in [4.78, 5) is -0.147. The number of halogens is 2. The van der Waals surface area contributed by atoms with E-state index in [1.165, 1.54) is 19.1 Å². The van der Waals surface area contributed by atoms with Crippen LogP contribution in [-0.2, 0) is 10.0 Å². The molecule has 0 aliphatic heterocycles. The Kier molecular flexibility index (Phi) is 5.79. The van der Waals surface area contributed by atoms with E-state index in [9.17, 15) is 8.42 Å². The van der Waals surface area contributed by atoms with Gasteiger partial charge in [-0.1, -0.05) is 23.2 Å². The first kappa shape index (κ1) is 17.6. The van der Waals surface area contributed by atoms with Gasteiger partial charge in [0.05, 0.1) is 34.8 Å². The lowest BCUT2D eigenvalue weighted by Crippen LogP contribution is -2.56. The maximum atomic E-state index is 12.3. The zero-order valence-corrected chi connectivity index (χ0v) is 12.9. The highest BCUT2D eigenvalue weighted by molar-refractivity contribution is 7.89. The predicted octanol–water partition coefficient (Wildman–Crippen LogP) is 0.296. The number of hydrogen-bond acceptors (Lipinski definition) is 5. The van der Waals surface area contributed by atoms with E-state index < -0.39 is 35.4 Å². The van der Waals surface area contributed by atoms with E-state index >= 15 is 0 Å². The molecule has 1 aromatic carbocycles. The van der Waals surface area contributed by atoms with Crippen molar-refractivity contribution in [2.75, 3.05) is 19.8 Å². The van der Waals surface area contributed by atoms with Gasteiger partial charge < -0.3 is 15.3 Å². The summed E-state index contributed by atoms with van der Waals surface area (Å²) < 4.78 is 26.6. The third-order valence-corrected chi connectivity index (χ3v) is 5.21. The molecule has 0 spiro atoms. The molecular weight excluding hydrogens is 329 g/mol. The summed E-state index contributed by atoms with van der Waals surface area (Å²) in [6, 6.07) is 2.55. The SMILES string of the molecule is Cc1cc(Cl)c(Cl)cc1S(=O)(=O)NC(CO)(CO)CO. The molecule has 0 aliphatic carbocycles. The molecule has 0 fully saturated rings. The molecule has 0 amide bonds. The number of hydrogen-bond donors (Lipinski definition) is 4. The van der Waals surface area contributed by atoms with Gasteiger partial charge in [0.2, 0.25) is 10.0 Å². The Morgan fingerprint density at radius 1 is 1.10 bits per heavy atom. The van der Waals surface area contributed by atoms with Crippen LogP contribution in [0.1, 0.15) is 5.56 Å². The van der Waals surface area contributed by atoms with Crippen molar-refractivity contribution >= 4 is 33.2 Å². The number of nitrogens with one attached hydrogen (secondary N) is 1. The quantitative estimate of drug-likeness (QED) is 0.594. The van der Waals surface area contributed by atoms with Crippen LogP contribution in [0.4, 0.5) is 0 Å². The molecule has 0 radical (unpaired) electrons. The summed E-state index contributed by atoms with van der Waals surface area (Å²) >= 11 is 11.6. The monoisotopic (exact) mass is 343 g/mol. The summed E-state index contributed by atoms with van der Waals surface area (Å²) in [5.74, 6) is 0. The molecule has 0 unspecified atom stereocenters. The van der Waals surface area contributed by atoms with E-state index in [-0.39, 0.29) is 14.9 Å². The zero-order chi connectivity index (χ0) is 15.6. The first-order chi connectivity index (χ1) is 9.21. The first-order valence-electron chi connectivity index (χ1n) is 5.53. The third kappa shape index (κ3) is 3.62. The van der Waals surface area contributed by atoms with E-state index in [0.29, 0.717) is 5.56 Å². The second kappa shape index (κ2) is 6.57. The third-order valence-electron chi connectivity index (χ3n) is 2.77. The van der Waals surface area contributed by atoms with Crippen molar-refractivity contribution < 1.29 is 23.7 Å². The number of aryl methyl sites for hydroxylation is 1. The van der Waals surface area contributed by atoms with Gasteiger partial charge in [-0.3, -0.25) is 0 Å². The second-order valence-electron chi connectivity index (χ2n) is 4.39. The summed E-state index contributed by atoms with van der Waals surface area (Å²) in [5.41, 5.74) is -1.41. The molecular formula is C11H15Cl2NO5S. The Labute approximate surface area is 127 Å². The molecule has 6 nitrogen and oxygen atoms in total. The molecule has 0 bridgehead atoms. The summed E-state index contributed by atoms with van der Waals surface area (Å²) in [5, 5.41) is 27.7. The normalized spacial score (nSPS) is 12.7. The van der Waals surface area contributed by atoms with Crippen LogP contribution in [0.3, 0.4) is 0 Å². The fourth-order valence-corrected chi connectivity index (χ4v) is 3.58. The number of aliphatic hydroxyl groups is 3. The lowest BCUT2D eigenvalue weighted by molar-refractivity contribution is 0.0582. The van der Waals surface area contributed by atoms with Crippen LogP contribution >= 0.6 is 23.2 Å². The molecule has 0 heterocycles. The van der Waals surface area contributed by atoms with Gasteiger partial charge in [0.15, 0.2) is 0 Å². The molecule has 0 aliphatic rings. The van der Waals surface area contributed by atoms with Crippen molar-refractivity contribution in [2.24, 2.45) is 0 Å². The number of sulfonamides is 1. The van der Waals surface area contributed by atoms with Crippen LogP contribution in [0, 0.1) is 6.92 Å². The molecule has 0 saturated carbocycles. The molecule has 1 aromatic rings. The standard InChI is InChI=1S/C11H15Cl2NO5S/c1-7-2-8(12)9(13)3-10(7)20(18,19)14-11(4-15,5-16)6-17/h2-3,14-17H,4-6H2,1H3. The van der Waals surface area contributed by atoms with Crippen molar-refractivity contribution in [3.05, 3.63) is 27.7 Å². The number of aliphatic hydroxyl groups excluding tert-OH is 3. The first-order valence-corrected chi connectivity index (χ1v) is 7.77. The van der Waals surface area contributed by atoms with Gasteiger partial charge in [0.1, 0.15) is 5.54 Å². The highest BCUT2D eigenvalue weighted by atomic mass is 35.5. The molecule has 0 atom stereocenters. The Balaban J connectivity index is 3.28. The fourth-order valence-electron chi connectivity index (χ4n) is 1.50. The van der Waals surface area contributed by atoms with Crippen LogP contribution in [0.25, 0.3) is 0 Å². The second-order valence-corrected chi connectivity index (χ2v) is 6.86. The van der Waals surface area contributed by atoms with Gasteiger partial charge in [0.25, 0.3) is 0 Å². The molecule has 0 aromatic heterocycles. The van der Waals surface area contributed by atoms with E-state index in [0.717, 1.165) is 0 Å². The van der Waals surface area contributed by atoms with Crippen molar-refractivity contribution in [3.8, 4) is 0 Å². The highest BCUT2D eigenvalue weighted by Gasteiger charge is 2.34. The summed E-state index contributed by atoms with van der Waals surface area (Å²) in [7, 11) is -4.10. The fraction of sp³-hybridized carbons (Fsp3) is 0.455. The minimum absolute atomic E-state index is 0.0558. The molecule has 114 valence electrons. The average Bonchev–Trinajstić information content (AvgIpc) is 2.40. The van der Waals surface area contributed by atoms with Crippen LogP contribution in [0.5, 0.6) is 0 Å². The van der Waals surface area contributed by atoms with Gasteiger partial charge in [-0.15, -0.1) is 0 Å². The lowest BCUT2D eigenvalue weighted by atomic mass is 10.1. The smallest absolute Gasteiger partial charge is 0.241 e. The van der Waals surface area contributed by atoms with Gasteiger partial charge >= 0.3 is 0 Å². The Morgan fingerprint density at radius 3 is 2.00 bits per heavy atom. The number of benzene rings is 1. The molecule has 0 saturated heterocycles. The average molecular weight is 344 g/mol. The summed E-state index contributed by atoms with van der Waals surface area (Å²) in [6.45, 7) is -0.770. The minimum atomic E-state index is -4.10. The van der Waals surface area contributed by atoms with E-state index in [4.69, 9.17) is 38.5 Å².